The van der Waals surface area contributed by atoms with Gasteiger partial charge in [-0.2, -0.15) is 10.4 Å². The number of phenolic OH excluding ortho intramolecular Hbond substituents is 2. The maximum atomic E-state index is 9.70. The molecule has 1 aromatic heterocycles. The van der Waals surface area contributed by atoms with Crippen LogP contribution in [0.15, 0.2) is 42.6 Å². The summed E-state index contributed by atoms with van der Waals surface area (Å²) in [5, 5.41) is 33.5. The van der Waals surface area contributed by atoms with E-state index in [1.54, 1.807) is 12.3 Å². The molecule has 0 unspecified atom stereocenters. The van der Waals surface area contributed by atoms with E-state index in [-0.39, 0.29) is 11.3 Å². The van der Waals surface area contributed by atoms with Gasteiger partial charge in [-0.3, -0.25) is 0 Å². The van der Waals surface area contributed by atoms with Gasteiger partial charge in [0.25, 0.3) is 0 Å². The zero-order valence-electron chi connectivity index (χ0n) is 9.78. The molecule has 19 heavy (non-hydrogen) atoms. The minimum Gasteiger partial charge on any atom is -0.504 e. The molecule has 0 amide bonds. The van der Waals surface area contributed by atoms with Crippen LogP contribution in [0.3, 0.4) is 0 Å². The molecule has 0 spiro atoms. The van der Waals surface area contributed by atoms with Crippen molar-refractivity contribution in [3.63, 3.8) is 0 Å². The van der Waals surface area contributed by atoms with Gasteiger partial charge in [0.05, 0.1) is 11.2 Å². The highest BCUT2D eigenvalue weighted by atomic mass is 16.3. The summed E-state index contributed by atoms with van der Waals surface area (Å²) in [7, 11) is 0. The molecular weight excluding hydrogens is 242 g/mol. The van der Waals surface area contributed by atoms with Gasteiger partial charge in [-0.25, -0.2) is 4.68 Å². The molecule has 0 saturated carbocycles. The Morgan fingerprint density at radius 3 is 2.63 bits per heavy atom. The number of phenols is 2. The van der Waals surface area contributed by atoms with Gasteiger partial charge >= 0.3 is 0 Å². The smallest absolute Gasteiger partial charge is 0.177 e. The lowest BCUT2D eigenvalue weighted by Gasteiger charge is -2.06. The van der Waals surface area contributed by atoms with E-state index in [2.05, 4.69) is 5.10 Å². The van der Waals surface area contributed by atoms with Gasteiger partial charge in [0, 0.05) is 11.6 Å². The van der Waals surface area contributed by atoms with Crippen LogP contribution in [-0.4, -0.2) is 20.0 Å². The van der Waals surface area contributed by atoms with Gasteiger partial charge in [-0.05, 0) is 18.2 Å². The van der Waals surface area contributed by atoms with Crippen molar-refractivity contribution in [1.82, 2.24) is 9.78 Å². The van der Waals surface area contributed by atoms with Crippen molar-refractivity contribution in [3.05, 3.63) is 48.2 Å². The average molecular weight is 251 g/mol. The maximum absolute atomic E-state index is 9.70. The molecule has 0 aliphatic rings. The van der Waals surface area contributed by atoms with Gasteiger partial charge in [-0.15, -0.1) is 0 Å². The summed E-state index contributed by atoms with van der Waals surface area (Å²) in [4.78, 5) is 0. The summed E-state index contributed by atoms with van der Waals surface area (Å²) in [5.41, 5.74) is 1.21. The fourth-order valence-corrected chi connectivity index (χ4v) is 1.96. The van der Waals surface area contributed by atoms with Crippen molar-refractivity contribution in [3.8, 4) is 23.3 Å². The largest absolute Gasteiger partial charge is 0.504 e. The van der Waals surface area contributed by atoms with E-state index in [4.69, 9.17) is 5.26 Å². The Balaban J connectivity index is 2.27. The second-order valence-corrected chi connectivity index (χ2v) is 4.07. The van der Waals surface area contributed by atoms with Gasteiger partial charge in [0.15, 0.2) is 11.5 Å². The first kappa shape index (κ1) is 11.1. The zero-order chi connectivity index (χ0) is 13.4. The molecule has 0 fully saturated rings. The minimum absolute atomic E-state index is 0.00666. The Bertz CT molecular complexity index is 782. The molecule has 92 valence electrons. The molecule has 3 aromatic rings. The predicted molar refractivity (Wildman–Crippen MR) is 69.1 cm³/mol. The van der Waals surface area contributed by atoms with Crippen molar-refractivity contribution >= 4 is 10.9 Å². The van der Waals surface area contributed by atoms with E-state index >= 15 is 0 Å². The molecule has 5 nitrogen and oxygen atoms in total. The number of benzene rings is 2. The molecule has 0 radical (unpaired) electrons. The van der Waals surface area contributed by atoms with Crippen LogP contribution in [0.5, 0.6) is 11.5 Å². The summed E-state index contributed by atoms with van der Waals surface area (Å²) in [6.07, 6.45) is 1.77. The monoisotopic (exact) mass is 251 g/mol. The lowest BCUT2D eigenvalue weighted by molar-refractivity contribution is 0.402. The minimum atomic E-state index is -0.431. The van der Waals surface area contributed by atoms with E-state index in [1.807, 2.05) is 30.3 Å². The third-order valence-electron chi connectivity index (χ3n) is 2.91. The average Bonchev–Trinajstić information content (AvgIpc) is 2.85. The predicted octanol–water partition coefficient (Wildman–Crippen LogP) is 2.31. The number of nitriles is 1. The van der Waals surface area contributed by atoms with Gasteiger partial charge in [-0.1, -0.05) is 18.2 Å². The van der Waals surface area contributed by atoms with E-state index in [9.17, 15) is 10.2 Å². The van der Waals surface area contributed by atoms with Crippen LogP contribution < -0.4 is 0 Å². The third-order valence-corrected chi connectivity index (χ3v) is 2.91. The number of aromatic hydroxyl groups is 2. The number of hydrogen-bond donors (Lipinski definition) is 2. The third kappa shape index (κ3) is 1.67. The Kier molecular flexibility index (Phi) is 2.36. The zero-order valence-corrected chi connectivity index (χ0v) is 9.78. The molecule has 2 aromatic carbocycles. The summed E-state index contributed by atoms with van der Waals surface area (Å²) in [6, 6.07) is 12.3. The summed E-state index contributed by atoms with van der Waals surface area (Å²) < 4.78 is 1.52. The summed E-state index contributed by atoms with van der Waals surface area (Å²) >= 11 is 0. The molecule has 5 heteroatoms. The Labute approximate surface area is 108 Å². The highest BCUT2D eigenvalue weighted by molar-refractivity contribution is 5.78. The topological polar surface area (TPSA) is 82.1 Å². The Hall–Kier alpha value is -3.00. The number of nitrogens with zero attached hydrogens (tertiary/aromatic N) is 3. The number of hydrogen-bond acceptors (Lipinski definition) is 4. The molecular formula is C14H9N3O2. The van der Waals surface area contributed by atoms with Gasteiger partial charge < -0.3 is 10.2 Å². The first-order valence-electron chi connectivity index (χ1n) is 5.60. The van der Waals surface area contributed by atoms with Crippen molar-refractivity contribution in [2.45, 2.75) is 0 Å². The standard InChI is InChI=1S/C14H9N3O2/c15-7-10-12(5-6-13(18)14(10)19)17-8-9-3-1-2-4-11(9)16-17/h1-6,8,18-19H. The summed E-state index contributed by atoms with van der Waals surface area (Å²) in [6.45, 7) is 0. The van der Waals surface area contributed by atoms with Gasteiger partial charge in [0.1, 0.15) is 11.6 Å². The highest BCUT2D eigenvalue weighted by Crippen LogP contribution is 2.32. The van der Waals surface area contributed by atoms with Crippen LogP contribution in [0.25, 0.3) is 16.6 Å². The van der Waals surface area contributed by atoms with E-state index in [0.29, 0.717) is 5.69 Å². The van der Waals surface area contributed by atoms with Crippen LogP contribution in [-0.2, 0) is 0 Å². The molecule has 0 aliphatic carbocycles. The van der Waals surface area contributed by atoms with Gasteiger partial charge in [0.2, 0.25) is 0 Å². The van der Waals surface area contributed by atoms with Crippen molar-refractivity contribution in [2.24, 2.45) is 0 Å². The Morgan fingerprint density at radius 1 is 1.11 bits per heavy atom. The van der Waals surface area contributed by atoms with Crippen LogP contribution >= 0.6 is 0 Å². The Morgan fingerprint density at radius 2 is 1.89 bits per heavy atom. The van der Waals surface area contributed by atoms with Crippen LogP contribution in [0, 0.1) is 11.3 Å². The molecule has 3 rings (SSSR count). The normalized spacial score (nSPS) is 10.5. The second kappa shape index (κ2) is 4.03. The lowest BCUT2D eigenvalue weighted by Crippen LogP contribution is -1.98. The highest BCUT2D eigenvalue weighted by Gasteiger charge is 2.14. The fourth-order valence-electron chi connectivity index (χ4n) is 1.96. The number of fused-ring (bicyclic) bond motifs is 1. The maximum Gasteiger partial charge on any atom is 0.177 e. The van der Waals surface area contributed by atoms with E-state index < -0.39 is 5.75 Å². The van der Waals surface area contributed by atoms with Crippen molar-refractivity contribution in [1.29, 1.82) is 5.26 Å². The van der Waals surface area contributed by atoms with E-state index in [1.165, 1.54) is 10.7 Å². The quantitative estimate of drug-likeness (QED) is 0.650. The van der Waals surface area contributed by atoms with Crippen LogP contribution in [0.1, 0.15) is 5.56 Å². The van der Waals surface area contributed by atoms with Crippen molar-refractivity contribution < 1.29 is 10.2 Å². The van der Waals surface area contributed by atoms with Crippen molar-refractivity contribution in [2.75, 3.05) is 0 Å². The SMILES string of the molecule is N#Cc1c(-n2cc3ccccc3n2)ccc(O)c1O. The van der Waals surface area contributed by atoms with Crippen LogP contribution in [0.2, 0.25) is 0 Å². The molecule has 2 N–H and O–H groups in total. The number of rotatable bonds is 1. The first-order chi connectivity index (χ1) is 9.20. The number of aromatic nitrogens is 2. The lowest BCUT2D eigenvalue weighted by atomic mass is 10.1. The molecule has 1 heterocycles. The summed E-state index contributed by atoms with van der Waals surface area (Å²) in [5.74, 6) is -0.753. The van der Waals surface area contributed by atoms with Crippen LogP contribution in [0.4, 0.5) is 0 Å². The molecule has 0 bridgehead atoms. The molecule has 0 aliphatic heterocycles. The molecule has 0 saturated heterocycles. The first-order valence-corrected chi connectivity index (χ1v) is 5.60. The fraction of sp³-hybridized carbons (Fsp3) is 0. The molecule has 0 atom stereocenters. The van der Waals surface area contributed by atoms with E-state index in [0.717, 1.165) is 10.9 Å². The second-order valence-electron chi connectivity index (χ2n) is 4.07.